The molecule has 0 aliphatic carbocycles. The van der Waals surface area contributed by atoms with Crippen molar-refractivity contribution in [2.75, 3.05) is 14.1 Å². The highest BCUT2D eigenvalue weighted by molar-refractivity contribution is 7.62. The highest BCUT2D eigenvalue weighted by Gasteiger charge is 2.49. The highest BCUT2D eigenvalue weighted by Crippen LogP contribution is 2.77. The van der Waals surface area contributed by atoms with E-state index in [4.69, 9.17) is 0 Å². The van der Waals surface area contributed by atoms with E-state index in [1.165, 1.54) is 47.9 Å². The van der Waals surface area contributed by atoms with Gasteiger partial charge in [-0.15, -0.1) is 0 Å². The van der Waals surface area contributed by atoms with Crippen LogP contribution in [-0.4, -0.2) is 18.8 Å². The van der Waals surface area contributed by atoms with Crippen LogP contribution in [0.3, 0.4) is 0 Å². The molecule has 0 saturated carbocycles. The van der Waals surface area contributed by atoms with E-state index in [-0.39, 0.29) is 11.3 Å². The van der Waals surface area contributed by atoms with Crippen molar-refractivity contribution in [1.29, 1.82) is 0 Å². The maximum absolute atomic E-state index is 14.4. The smallest absolute Gasteiger partial charge is 0.164 e. The van der Waals surface area contributed by atoms with Gasteiger partial charge in [0, 0.05) is 0 Å². The van der Waals surface area contributed by atoms with Crippen molar-refractivity contribution in [3.63, 3.8) is 0 Å². The van der Waals surface area contributed by atoms with Gasteiger partial charge >= 0.3 is 0 Å². The molecule has 2 atom stereocenters. The first-order valence-electron chi connectivity index (χ1n) is 11.5. The number of hydrogen-bond donors (Lipinski definition) is 0. The van der Waals surface area contributed by atoms with E-state index in [1.54, 1.807) is 0 Å². The monoisotopic (exact) mass is 411 g/mol. The second kappa shape index (κ2) is 10.1. The number of hydrogen-bond acceptors (Lipinski definition) is 1. The van der Waals surface area contributed by atoms with Gasteiger partial charge in [0.15, 0.2) is 7.29 Å². The molecule has 0 aromatic heterocycles. The molecule has 2 aromatic rings. The predicted molar refractivity (Wildman–Crippen MR) is 126 cm³/mol. The Kier molecular flexibility index (Phi) is 7.77. The predicted octanol–water partition coefficient (Wildman–Crippen LogP) is 7.79. The average Bonchev–Trinajstić information content (AvgIpc) is 3.10. The summed E-state index contributed by atoms with van der Waals surface area (Å²) < 4.78 is 16.5. The molecule has 1 heterocycles. The van der Waals surface area contributed by atoms with E-state index < -0.39 is 7.29 Å². The minimum atomic E-state index is -2.55. The van der Waals surface area contributed by atoms with Crippen molar-refractivity contribution >= 4 is 7.29 Å². The van der Waals surface area contributed by atoms with Crippen LogP contribution in [0.5, 0.6) is 0 Å². The van der Waals surface area contributed by atoms with Crippen LogP contribution in [0.25, 0.3) is 0 Å². The average molecular weight is 412 g/mol. The van der Waals surface area contributed by atoms with Gasteiger partial charge in [0.25, 0.3) is 0 Å². The molecule has 0 amide bonds. The lowest BCUT2D eigenvalue weighted by molar-refractivity contribution is 0.502. The second-order valence-corrected chi connectivity index (χ2v) is 12.2. The van der Waals surface area contributed by atoms with Gasteiger partial charge in [-0.25, -0.2) is 0 Å². The van der Waals surface area contributed by atoms with Crippen molar-refractivity contribution < 1.29 is 4.57 Å². The molecule has 0 N–H and O–H groups in total. The molecule has 2 aromatic carbocycles. The topological polar surface area (TPSA) is 20.3 Å². The molecule has 3 heteroatoms. The summed E-state index contributed by atoms with van der Waals surface area (Å²) in [7, 11) is 1.48. The Morgan fingerprint density at radius 2 is 1.14 bits per heavy atom. The Morgan fingerprint density at radius 3 is 1.45 bits per heavy atom. The number of nitrogens with zero attached hydrogens (tertiary/aromatic N) is 1. The van der Waals surface area contributed by atoms with Crippen LogP contribution >= 0.6 is 7.29 Å². The molecule has 29 heavy (non-hydrogen) atoms. The van der Waals surface area contributed by atoms with Gasteiger partial charge in [0.2, 0.25) is 0 Å². The van der Waals surface area contributed by atoms with Gasteiger partial charge in [-0.1, -0.05) is 75.2 Å². The summed E-state index contributed by atoms with van der Waals surface area (Å²) in [6.45, 7) is 4.47. The minimum absolute atomic E-state index is 0.141. The molecule has 0 spiro atoms. The first kappa shape index (κ1) is 22.3. The Labute approximate surface area is 178 Å². The van der Waals surface area contributed by atoms with Crippen molar-refractivity contribution in [2.24, 2.45) is 0 Å². The van der Waals surface area contributed by atoms with Gasteiger partial charge in [0.1, 0.15) is 0 Å². The minimum Gasteiger partial charge on any atom is -0.305 e. The lowest BCUT2D eigenvalue weighted by Gasteiger charge is -2.32. The van der Waals surface area contributed by atoms with E-state index in [1.807, 2.05) is 18.8 Å². The fraction of sp³-hybridized carbons (Fsp3) is 0.538. The number of aryl methyl sites for hydroxylation is 2. The van der Waals surface area contributed by atoms with Gasteiger partial charge in [-0.3, -0.25) is 4.67 Å². The van der Waals surface area contributed by atoms with E-state index in [9.17, 15) is 4.57 Å². The summed E-state index contributed by atoms with van der Waals surface area (Å²) in [5.41, 5.74) is 5.58. The summed E-state index contributed by atoms with van der Waals surface area (Å²) in [5, 5.41) is 0. The summed E-state index contributed by atoms with van der Waals surface area (Å²) in [5.74, 6) is 0. The van der Waals surface area contributed by atoms with Crippen LogP contribution in [0, 0.1) is 0 Å². The van der Waals surface area contributed by atoms with E-state index in [2.05, 4.69) is 62.4 Å². The maximum atomic E-state index is 14.4. The summed E-state index contributed by atoms with van der Waals surface area (Å²) in [4.78, 5) is 0. The third kappa shape index (κ3) is 4.86. The van der Waals surface area contributed by atoms with E-state index in [0.717, 1.165) is 25.7 Å². The molecule has 2 nitrogen and oxygen atoms in total. The Bertz CT molecular complexity index is 746. The molecule has 0 bridgehead atoms. The molecule has 1 aliphatic rings. The number of unbranched alkanes of at least 4 members (excludes halogenated alkanes) is 2. The standard InChI is InChI=1S/C26H38NOP/c1-5-7-9-21-11-15-23(16-12-21)25-19-20-26(29(25,28)27(3)4)24-17-13-22(14-18-24)10-8-6-2/h11-18,25-26H,5-10,19-20H2,1-4H3/t25-,26-/m0/s1. The third-order valence-corrected chi connectivity index (χ3v) is 10.7. The summed E-state index contributed by atoms with van der Waals surface area (Å²) in [6.07, 6.45) is 9.19. The summed E-state index contributed by atoms with van der Waals surface area (Å²) in [6, 6.07) is 18.0. The van der Waals surface area contributed by atoms with Gasteiger partial charge < -0.3 is 4.57 Å². The van der Waals surface area contributed by atoms with Crippen LogP contribution in [-0.2, 0) is 17.4 Å². The number of benzene rings is 2. The lowest BCUT2D eigenvalue weighted by atomic mass is 10.0. The molecule has 0 radical (unpaired) electrons. The molecule has 1 aliphatic heterocycles. The fourth-order valence-electron chi connectivity index (χ4n) is 4.80. The molecule has 158 valence electrons. The molecular weight excluding hydrogens is 373 g/mol. The molecule has 1 saturated heterocycles. The zero-order valence-electron chi connectivity index (χ0n) is 18.7. The second-order valence-electron chi connectivity index (χ2n) is 8.82. The first-order chi connectivity index (χ1) is 14.0. The summed E-state index contributed by atoms with van der Waals surface area (Å²) >= 11 is 0. The zero-order chi connectivity index (χ0) is 20.9. The largest absolute Gasteiger partial charge is 0.305 e. The third-order valence-electron chi connectivity index (χ3n) is 6.60. The van der Waals surface area contributed by atoms with Crippen LogP contribution in [0.2, 0.25) is 0 Å². The molecular formula is C26H38NOP. The van der Waals surface area contributed by atoms with E-state index in [0.29, 0.717) is 0 Å². The highest BCUT2D eigenvalue weighted by atomic mass is 31.2. The normalized spacial score (nSPS) is 21.0. The SMILES string of the molecule is CCCCc1ccc([C@@H]2CC[C@@H](c3ccc(CCCC)cc3)P2(=O)N(C)C)cc1. The van der Waals surface area contributed by atoms with Crippen LogP contribution in [0.1, 0.15) is 85.9 Å². The van der Waals surface area contributed by atoms with Crippen LogP contribution < -0.4 is 0 Å². The molecule has 3 rings (SSSR count). The Morgan fingerprint density at radius 1 is 0.759 bits per heavy atom. The van der Waals surface area contributed by atoms with Crippen molar-refractivity contribution in [1.82, 2.24) is 4.67 Å². The Hall–Kier alpha value is -1.37. The van der Waals surface area contributed by atoms with E-state index >= 15 is 0 Å². The Balaban J connectivity index is 1.83. The van der Waals surface area contributed by atoms with Crippen molar-refractivity contribution in [3.05, 3.63) is 70.8 Å². The zero-order valence-corrected chi connectivity index (χ0v) is 19.6. The molecule has 0 unspecified atom stereocenters. The van der Waals surface area contributed by atoms with Crippen LogP contribution in [0.15, 0.2) is 48.5 Å². The van der Waals surface area contributed by atoms with Gasteiger partial charge in [-0.05, 0) is 74.9 Å². The fourth-order valence-corrected chi connectivity index (χ4v) is 8.58. The van der Waals surface area contributed by atoms with Crippen molar-refractivity contribution in [2.45, 2.75) is 76.5 Å². The number of rotatable bonds is 9. The quantitative estimate of drug-likeness (QED) is 0.393. The van der Waals surface area contributed by atoms with Crippen LogP contribution in [0.4, 0.5) is 0 Å². The molecule has 1 fully saturated rings. The van der Waals surface area contributed by atoms with Gasteiger partial charge in [0.05, 0.1) is 11.3 Å². The first-order valence-corrected chi connectivity index (χ1v) is 13.2. The maximum Gasteiger partial charge on any atom is 0.164 e. The van der Waals surface area contributed by atoms with Crippen molar-refractivity contribution in [3.8, 4) is 0 Å². The van der Waals surface area contributed by atoms with Gasteiger partial charge in [-0.2, -0.15) is 0 Å². The lowest BCUT2D eigenvalue weighted by Crippen LogP contribution is -2.15.